The van der Waals surface area contributed by atoms with E-state index in [0.29, 0.717) is 23.6 Å². The predicted molar refractivity (Wildman–Crippen MR) is 128 cm³/mol. The summed E-state index contributed by atoms with van der Waals surface area (Å²) in [7, 11) is 0. The molecular formula is C26H25N3O5. The third-order valence-electron chi connectivity index (χ3n) is 4.58. The third kappa shape index (κ3) is 7.03. The second kappa shape index (κ2) is 12.5. The molecule has 0 bridgehead atoms. The van der Waals surface area contributed by atoms with Gasteiger partial charge in [0.1, 0.15) is 12.3 Å². The first-order valence-corrected chi connectivity index (χ1v) is 10.7. The maximum absolute atomic E-state index is 12.3. The van der Waals surface area contributed by atoms with Crippen molar-refractivity contribution in [2.45, 2.75) is 6.92 Å². The average molecular weight is 460 g/mol. The van der Waals surface area contributed by atoms with Crippen molar-refractivity contribution in [2.75, 3.05) is 19.8 Å². The van der Waals surface area contributed by atoms with Gasteiger partial charge in [-0.1, -0.05) is 72.8 Å². The Balaban J connectivity index is 1.52. The summed E-state index contributed by atoms with van der Waals surface area (Å²) in [4.78, 5) is 36.5. The highest BCUT2D eigenvalue weighted by molar-refractivity contribution is 6.13. The lowest BCUT2D eigenvalue weighted by molar-refractivity contribution is -0.147. The van der Waals surface area contributed by atoms with E-state index in [4.69, 9.17) is 9.47 Å². The van der Waals surface area contributed by atoms with Crippen LogP contribution in [-0.2, 0) is 14.3 Å². The summed E-state index contributed by atoms with van der Waals surface area (Å²) in [6, 6.07) is 25.5. The van der Waals surface area contributed by atoms with Crippen molar-refractivity contribution in [3.05, 3.63) is 102 Å². The normalized spacial score (nSPS) is 10.0. The number of carbonyl (C=O) groups excluding carboxylic acids is 3. The number of hydrazone groups is 1. The van der Waals surface area contributed by atoms with Crippen LogP contribution in [0.5, 0.6) is 5.75 Å². The minimum Gasteiger partial charge on any atom is -0.493 e. The Kier molecular flexibility index (Phi) is 8.92. The zero-order chi connectivity index (χ0) is 24.2. The van der Waals surface area contributed by atoms with Crippen molar-refractivity contribution in [2.24, 2.45) is 5.10 Å². The lowest BCUT2D eigenvalue weighted by Crippen LogP contribution is -2.33. The molecule has 0 fully saturated rings. The second-order valence-corrected chi connectivity index (χ2v) is 7.00. The first-order chi connectivity index (χ1) is 16.6. The quantitative estimate of drug-likeness (QED) is 0.276. The molecule has 174 valence electrons. The summed E-state index contributed by atoms with van der Waals surface area (Å²) >= 11 is 0. The van der Waals surface area contributed by atoms with Gasteiger partial charge in [0.15, 0.2) is 6.61 Å². The molecule has 0 aliphatic rings. The van der Waals surface area contributed by atoms with Gasteiger partial charge in [-0.3, -0.25) is 14.4 Å². The lowest BCUT2D eigenvalue weighted by Gasteiger charge is -2.10. The molecule has 2 N–H and O–H groups in total. The van der Waals surface area contributed by atoms with Crippen molar-refractivity contribution in [3.63, 3.8) is 0 Å². The molecule has 0 aliphatic heterocycles. The molecule has 8 heteroatoms. The van der Waals surface area contributed by atoms with Crippen LogP contribution in [0.1, 0.15) is 28.4 Å². The first kappa shape index (κ1) is 24.2. The van der Waals surface area contributed by atoms with E-state index < -0.39 is 30.9 Å². The van der Waals surface area contributed by atoms with Gasteiger partial charge < -0.3 is 14.8 Å². The highest BCUT2D eigenvalue weighted by Gasteiger charge is 2.14. The Morgan fingerprint density at radius 2 is 1.41 bits per heavy atom. The molecule has 0 aromatic heterocycles. The van der Waals surface area contributed by atoms with E-state index in [1.807, 2.05) is 67.6 Å². The number of nitrogens with one attached hydrogen (secondary N) is 2. The summed E-state index contributed by atoms with van der Waals surface area (Å²) in [5.41, 5.74) is 4.93. The Morgan fingerprint density at radius 3 is 2.03 bits per heavy atom. The van der Waals surface area contributed by atoms with Crippen molar-refractivity contribution < 1.29 is 23.9 Å². The summed E-state index contributed by atoms with van der Waals surface area (Å²) in [5.74, 6) is -1.43. The van der Waals surface area contributed by atoms with Crippen LogP contribution in [0.4, 0.5) is 0 Å². The number of benzene rings is 3. The molecule has 2 amide bonds. The van der Waals surface area contributed by atoms with Gasteiger partial charge in [-0.05, 0) is 19.1 Å². The van der Waals surface area contributed by atoms with Crippen LogP contribution < -0.4 is 15.5 Å². The number of rotatable bonds is 10. The average Bonchev–Trinajstić information content (AvgIpc) is 2.88. The summed E-state index contributed by atoms with van der Waals surface area (Å²) in [6.07, 6.45) is 0. The van der Waals surface area contributed by atoms with Gasteiger partial charge in [0.25, 0.3) is 11.8 Å². The van der Waals surface area contributed by atoms with Crippen LogP contribution >= 0.6 is 0 Å². The molecule has 0 heterocycles. The topological polar surface area (TPSA) is 106 Å². The Hall–Kier alpha value is -4.46. The minimum atomic E-state index is -0.757. The van der Waals surface area contributed by atoms with Crippen LogP contribution in [0.15, 0.2) is 90.0 Å². The highest BCUT2D eigenvalue weighted by Crippen LogP contribution is 2.17. The second-order valence-electron chi connectivity index (χ2n) is 7.00. The van der Waals surface area contributed by atoms with Gasteiger partial charge in [0.05, 0.1) is 17.9 Å². The number of hydrogen-bond donors (Lipinski definition) is 2. The monoisotopic (exact) mass is 459 g/mol. The van der Waals surface area contributed by atoms with Crippen molar-refractivity contribution >= 4 is 23.5 Å². The summed E-state index contributed by atoms with van der Waals surface area (Å²) < 4.78 is 10.4. The minimum absolute atomic E-state index is 0.304. The SMILES string of the molecule is CCOc1ccccc1C(=O)NCC(=O)OCC(=O)NN=C(c1ccccc1)c1ccccc1. The van der Waals surface area contributed by atoms with Crippen LogP contribution in [0.3, 0.4) is 0 Å². The molecule has 0 saturated heterocycles. The van der Waals surface area contributed by atoms with E-state index in [1.54, 1.807) is 24.3 Å². The number of nitrogens with zero attached hydrogens (tertiary/aromatic N) is 1. The van der Waals surface area contributed by atoms with E-state index in [0.717, 1.165) is 11.1 Å². The third-order valence-corrected chi connectivity index (χ3v) is 4.58. The van der Waals surface area contributed by atoms with Crippen LogP contribution in [0.2, 0.25) is 0 Å². The maximum Gasteiger partial charge on any atom is 0.325 e. The fourth-order valence-corrected chi connectivity index (χ4v) is 3.02. The maximum atomic E-state index is 12.3. The Labute approximate surface area is 197 Å². The molecule has 0 saturated carbocycles. The molecule has 3 aromatic rings. The summed E-state index contributed by atoms with van der Waals surface area (Å²) in [5, 5.41) is 6.69. The molecule has 0 atom stereocenters. The van der Waals surface area contributed by atoms with Gasteiger partial charge in [-0.15, -0.1) is 0 Å². The number of ether oxygens (including phenoxy) is 2. The van der Waals surface area contributed by atoms with Gasteiger partial charge in [0.2, 0.25) is 0 Å². The Bertz CT molecular complexity index is 1110. The predicted octanol–water partition coefficient (Wildman–Crippen LogP) is 2.93. The van der Waals surface area contributed by atoms with E-state index >= 15 is 0 Å². The Morgan fingerprint density at radius 1 is 0.824 bits per heavy atom. The zero-order valence-electron chi connectivity index (χ0n) is 18.7. The lowest BCUT2D eigenvalue weighted by atomic mass is 10.0. The van der Waals surface area contributed by atoms with Crippen LogP contribution in [0, 0.1) is 0 Å². The van der Waals surface area contributed by atoms with Crippen molar-refractivity contribution in [3.8, 4) is 5.75 Å². The van der Waals surface area contributed by atoms with Crippen LogP contribution in [0.25, 0.3) is 0 Å². The molecule has 0 radical (unpaired) electrons. The number of amides is 2. The number of para-hydroxylation sites is 1. The molecule has 0 spiro atoms. The van der Waals surface area contributed by atoms with Crippen molar-refractivity contribution in [1.29, 1.82) is 0 Å². The molecule has 34 heavy (non-hydrogen) atoms. The van der Waals surface area contributed by atoms with Gasteiger partial charge in [-0.25, -0.2) is 5.43 Å². The molecule has 3 rings (SSSR count). The zero-order valence-corrected chi connectivity index (χ0v) is 18.7. The fourth-order valence-electron chi connectivity index (χ4n) is 3.02. The van der Waals surface area contributed by atoms with Gasteiger partial charge >= 0.3 is 5.97 Å². The molecule has 3 aromatic carbocycles. The van der Waals surface area contributed by atoms with Crippen molar-refractivity contribution in [1.82, 2.24) is 10.7 Å². The molecule has 0 aliphatic carbocycles. The van der Waals surface area contributed by atoms with Gasteiger partial charge in [0, 0.05) is 11.1 Å². The summed E-state index contributed by atoms with van der Waals surface area (Å²) in [6.45, 7) is 1.28. The standard InChI is InChI=1S/C26H25N3O5/c1-2-33-22-16-10-9-15-21(22)26(32)27-17-24(31)34-18-23(30)28-29-25(19-11-5-3-6-12-19)20-13-7-4-8-14-20/h3-16H,2,17-18H2,1H3,(H,27,32)(H,28,30). The smallest absolute Gasteiger partial charge is 0.325 e. The first-order valence-electron chi connectivity index (χ1n) is 10.7. The largest absolute Gasteiger partial charge is 0.493 e. The number of carbonyl (C=O) groups is 3. The van der Waals surface area contributed by atoms with Crippen LogP contribution in [-0.4, -0.2) is 43.3 Å². The van der Waals surface area contributed by atoms with E-state index in [1.165, 1.54) is 0 Å². The number of hydrogen-bond acceptors (Lipinski definition) is 6. The van der Waals surface area contributed by atoms with Gasteiger partial charge in [-0.2, -0.15) is 5.10 Å². The highest BCUT2D eigenvalue weighted by atomic mass is 16.5. The molecule has 8 nitrogen and oxygen atoms in total. The van der Waals surface area contributed by atoms with E-state index in [2.05, 4.69) is 15.8 Å². The number of esters is 1. The fraction of sp³-hybridized carbons (Fsp3) is 0.154. The van der Waals surface area contributed by atoms with E-state index in [9.17, 15) is 14.4 Å². The molecule has 0 unspecified atom stereocenters. The van der Waals surface area contributed by atoms with E-state index in [-0.39, 0.29) is 0 Å². The molecular weight excluding hydrogens is 434 g/mol.